The molecule has 1 heterocycles. The van der Waals surface area contributed by atoms with Crippen molar-refractivity contribution >= 4 is 58.5 Å². The predicted octanol–water partition coefficient (Wildman–Crippen LogP) is 2.62. The van der Waals surface area contributed by atoms with Crippen LogP contribution in [0.1, 0.15) is 11.3 Å². The van der Waals surface area contributed by atoms with Gasteiger partial charge in [-0.2, -0.15) is 11.8 Å². The molecule has 0 aliphatic rings. The lowest BCUT2D eigenvalue weighted by molar-refractivity contribution is -0.127. The summed E-state index contributed by atoms with van der Waals surface area (Å²) in [6, 6.07) is 8.36. The summed E-state index contributed by atoms with van der Waals surface area (Å²) in [6.07, 6.45) is 2.96. The molecule has 0 radical (unpaired) electrons. The van der Waals surface area contributed by atoms with Crippen LogP contribution in [0.3, 0.4) is 0 Å². The van der Waals surface area contributed by atoms with E-state index in [0.717, 1.165) is 25.3 Å². The normalized spacial score (nSPS) is 11.2. The lowest BCUT2D eigenvalue weighted by atomic mass is 10.1. The first-order valence-corrected chi connectivity index (χ1v) is 10.2. The number of aromatic amines is 1. The van der Waals surface area contributed by atoms with Crippen molar-refractivity contribution in [3.8, 4) is 0 Å². The van der Waals surface area contributed by atoms with Crippen LogP contribution in [0, 0.1) is 6.92 Å². The smallest absolute Gasteiger partial charge is 0.243 e. The second-order valence-electron chi connectivity index (χ2n) is 6.32. The highest BCUT2D eigenvalue weighted by molar-refractivity contribution is 14.0. The largest absolute Gasteiger partial charge is 0.358 e. The third kappa shape index (κ3) is 7.25. The van der Waals surface area contributed by atoms with Gasteiger partial charge in [-0.25, -0.2) is 4.99 Å². The maximum atomic E-state index is 11.8. The number of benzene rings is 1. The van der Waals surface area contributed by atoms with Gasteiger partial charge in [0.25, 0.3) is 0 Å². The number of guanidine groups is 1. The van der Waals surface area contributed by atoms with Crippen molar-refractivity contribution in [1.29, 1.82) is 0 Å². The van der Waals surface area contributed by atoms with E-state index in [2.05, 4.69) is 52.0 Å². The molecule has 3 N–H and O–H groups in total. The van der Waals surface area contributed by atoms with Gasteiger partial charge >= 0.3 is 0 Å². The van der Waals surface area contributed by atoms with Crippen LogP contribution in [-0.4, -0.2) is 67.5 Å². The number of rotatable bonds is 8. The van der Waals surface area contributed by atoms with Crippen molar-refractivity contribution in [2.75, 3.05) is 45.7 Å². The molecule has 1 aromatic carbocycles. The lowest BCUT2D eigenvalue weighted by Gasteiger charge is -2.13. The number of aryl methyl sites for hydroxylation is 1. The molecule has 1 amide bonds. The van der Waals surface area contributed by atoms with Gasteiger partial charge in [0.15, 0.2) is 5.96 Å². The van der Waals surface area contributed by atoms with Crippen LogP contribution in [0.25, 0.3) is 10.9 Å². The number of likely N-dealkylation sites (N-methyl/N-ethyl adjacent to an activating group) is 1. The summed E-state index contributed by atoms with van der Waals surface area (Å²) in [7, 11) is 3.48. The summed E-state index contributed by atoms with van der Waals surface area (Å²) >= 11 is 1.77. The fraction of sp³-hybridized carbons (Fsp3) is 0.474. The summed E-state index contributed by atoms with van der Waals surface area (Å²) in [5.74, 6) is 1.67. The molecule has 0 atom stereocenters. The molecule has 0 saturated heterocycles. The Morgan fingerprint density at radius 3 is 2.63 bits per heavy atom. The Morgan fingerprint density at radius 1 is 1.22 bits per heavy atom. The van der Waals surface area contributed by atoms with E-state index in [-0.39, 0.29) is 36.4 Å². The van der Waals surface area contributed by atoms with E-state index in [9.17, 15) is 4.79 Å². The topological polar surface area (TPSA) is 72.5 Å². The molecule has 6 nitrogen and oxygen atoms in total. The average Bonchev–Trinajstić information content (AvgIpc) is 2.94. The van der Waals surface area contributed by atoms with Gasteiger partial charge in [0, 0.05) is 49.5 Å². The van der Waals surface area contributed by atoms with Crippen molar-refractivity contribution in [3.63, 3.8) is 0 Å². The third-order valence-electron chi connectivity index (χ3n) is 4.16. The molecule has 2 aromatic rings. The molecule has 0 unspecified atom stereocenters. The summed E-state index contributed by atoms with van der Waals surface area (Å²) < 4.78 is 0. The van der Waals surface area contributed by atoms with Crippen molar-refractivity contribution in [3.05, 3.63) is 35.5 Å². The quantitative estimate of drug-likeness (QED) is 0.224. The number of nitrogens with zero attached hydrogens (tertiary/aromatic N) is 2. The molecule has 0 aliphatic heterocycles. The van der Waals surface area contributed by atoms with E-state index in [4.69, 9.17) is 0 Å². The number of hydrogen-bond acceptors (Lipinski definition) is 3. The minimum absolute atomic E-state index is 0. The highest BCUT2D eigenvalue weighted by Gasteiger charge is 2.08. The van der Waals surface area contributed by atoms with Crippen molar-refractivity contribution < 1.29 is 4.79 Å². The Morgan fingerprint density at radius 2 is 1.93 bits per heavy atom. The fourth-order valence-electron chi connectivity index (χ4n) is 2.70. The zero-order valence-corrected chi connectivity index (χ0v) is 19.6. The Kier molecular flexibility index (Phi) is 10.6. The second kappa shape index (κ2) is 12.1. The molecule has 0 saturated carbocycles. The molecule has 27 heavy (non-hydrogen) atoms. The van der Waals surface area contributed by atoms with E-state index >= 15 is 0 Å². The van der Waals surface area contributed by atoms with Crippen molar-refractivity contribution in [1.82, 2.24) is 20.5 Å². The molecule has 0 aliphatic carbocycles. The van der Waals surface area contributed by atoms with Crippen molar-refractivity contribution in [2.45, 2.75) is 13.3 Å². The monoisotopic (exact) mass is 503 g/mol. The number of aromatic nitrogens is 1. The van der Waals surface area contributed by atoms with Gasteiger partial charge in [0.05, 0.1) is 0 Å². The summed E-state index contributed by atoms with van der Waals surface area (Å²) in [6.45, 7) is 3.82. The SMILES string of the molecule is CSCCNC(=NCC(=O)N(C)C)NCCc1c(C)[nH]c2ccccc12.I. The van der Waals surface area contributed by atoms with Gasteiger partial charge in [0.2, 0.25) is 5.91 Å². The minimum atomic E-state index is -0.0107. The minimum Gasteiger partial charge on any atom is -0.358 e. The number of fused-ring (bicyclic) bond motifs is 1. The molecule has 150 valence electrons. The van der Waals surface area contributed by atoms with Gasteiger partial charge < -0.3 is 20.5 Å². The standard InChI is InChI=1S/C19H29N5OS.HI/c1-14-15(16-7-5-6-8-17(16)23-14)9-10-20-19(21-11-12-26-4)22-13-18(25)24(2)3;/h5-8,23H,9-13H2,1-4H3,(H2,20,21,22);1H. The molecule has 2 rings (SSSR count). The fourth-order valence-corrected chi connectivity index (χ4v) is 3.00. The molecule has 8 heteroatoms. The van der Waals surface area contributed by atoms with Crippen LogP contribution >= 0.6 is 35.7 Å². The van der Waals surface area contributed by atoms with Crippen LogP contribution in [0.5, 0.6) is 0 Å². The number of H-pyrrole nitrogens is 1. The number of halogens is 1. The summed E-state index contributed by atoms with van der Waals surface area (Å²) in [5.41, 5.74) is 3.69. The number of carbonyl (C=O) groups is 1. The highest BCUT2D eigenvalue weighted by Crippen LogP contribution is 2.21. The molecular weight excluding hydrogens is 473 g/mol. The third-order valence-corrected chi connectivity index (χ3v) is 4.78. The number of nitrogens with one attached hydrogen (secondary N) is 3. The van der Waals surface area contributed by atoms with Gasteiger partial charge in [-0.3, -0.25) is 4.79 Å². The zero-order valence-electron chi connectivity index (χ0n) is 16.5. The Balaban J connectivity index is 0.00000364. The van der Waals surface area contributed by atoms with Gasteiger partial charge in [-0.15, -0.1) is 24.0 Å². The Labute approximate surface area is 183 Å². The van der Waals surface area contributed by atoms with E-state index in [0.29, 0.717) is 5.96 Å². The highest BCUT2D eigenvalue weighted by atomic mass is 127. The van der Waals surface area contributed by atoms with Crippen LogP contribution in [0.2, 0.25) is 0 Å². The zero-order chi connectivity index (χ0) is 18.9. The van der Waals surface area contributed by atoms with Gasteiger partial charge in [-0.1, -0.05) is 18.2 Å². The molecular formula is C19H30IN5OS. The first-order chi connectivity index (χ1) is 12.5. The van der Waals surface area contributed by atoms with Crippen LogP contribution in [-0.2, 0) is 11.2 Å². The van der Waals surface area contributed by atoms with Crippen LogP contribution in [0.15, 0.2) is 29.3 Å². The molecule has 0 fully saturated rings. The van der Waals surface area contributed by atoms with Gasteiger partial charge in [-0.05, 0) is 31.2 Å². The lowest BCUT2D eigenvalue weighted by Crippen LogP contribution is -2.40. The second-order valence-corrected chi connectivity index (χ2v) is 7.31. The Hall–Kier alpha value is -1.42. The summed E-state index contributed by atoms with van der Waals surface area (Å²) in [5, 5.41) is 7.90. The number of carbonyl (C=O) groups excluding carboxylic acids is 1. The Bertz CT molecular complexity index is 760. The van der Waals surface area contributed by atoms with Gasteiger partial charge in [0.1, 0.15) is 6.54 Å². The van der Waals surface area contributed by atoms with E-state index in [1.54, 1.807) is 30.8 Å². The number of para-hydroxylation sites is 1. The maximum Gasteiger partial charge on any atom is 0.243 e. The average molecular weight is 503 g/mol. The predicted molar refractivity (Wildman–Crippen MR) is 128 cm³/mol. The first-order valence-electron chi connectivity index (χ1n) is 8.80. The van der Waals surface area contributed by atoms with E-state index < -0.39 is 0 Å². The first kappa shape index (κ1) is 23.6. The number of aliphatic imine (C=N–C) groups is 1. The van der Waals surface area contributed by atoms with Crippen LogP contribution in [0.4, 0.5) is 0 Å². The summed E-state index contributed by atoms with van der Waals surface area (Å²) in [4.78, 5) is 21.2. The molecule has 0 bridgehead atoms. The van der Waals surface area contributed by atoms with Crippen molar-refractivity contribution in [2.24, 2.45) is 4.99 Å². The molecule has 1 aromatic heterocycles. The molecule has 0 spiro atoms. The number of hydrogen-bond donors (Lipinski definition) is 3. The van der Waals surface area contributed by atoms with E-state index in [1.807, 2.05) is 6.07 Å². The van der Waals surface area contributed by atoms with Crippen LogP contribution < -0.4 is 10.6 Å². The number of amides is 1. The maximum absolute atomic E-state index is 11.8. The number of thioether (sulfide) groups is 1. The van der Waals surface area contributed by atoms with E-state index in [1.165, 1.54) is 22.2 Å².